The maximum absolute atomic E-state index is 11.7. The Bertz CT molecular complexity index is 359. The van der Waals surface area contributed by atoms with Crippen molar-refractivity contribution in [2.24, 2.45) is 11.8 Å². The fraction of sp³-hybridized carbons (Fsp3) is 0.429. The van der Waals surface area contributed by atoms with Gasteiger partial charge < -0.3 is 9.53 Å². The SMILES string of the molecule is CCC(C=O)C(C)C(=O)OCc1ccccc1. The number of benzene rings is 1. The monoisotopic (exact) mass is 234 g/mol. The Morgan fingerprint density at radius 3 is 2.53 bits per heavy atom. The van der Waals surface area contributed by atoms with Crippen LogP contribution in [0.15, 0.2) is 30.3 Å². The Kier molecular flexibility index (Phi) is 5.40. The van der Waals surface area contributed by atoms with Crippen LogP contribution in [0, 0.1) is 11.8 Å². The van der Waals surface area contributed by atoms with E-state index in [0.29, 0.717) is 6.42 Å². The number of carbonyl (C=O) groups is 2. The first-order chi connectivity index (χ1) is 8.19. The smallest absolute Gasteiger partial charge is 0.309 e. The summed E-state index contributed by atoms with van der Waals surface area (Å²) in [6.45, 7) is 3.88. The fourth-order valence-electron chi connectivity index (χ4n) is 1.60. The van der Waals surface area contributed by atoms with Gasteiger partial charge >= 0.3 is 5.97 Å². The molecule has 0 aliphatic carbocycles. The molecule has 0 aromatic heterocycles. The van der Waals surface area contributed by atoms with E-state index in [-0.39, 0.29) is 24.4 Å². The molecule has 0 saturated heterocycles. The summed E-state index contributed by atoms with van der Waals surface area (Å²) in [6, 6.07) is 9.50. The lowest BCUT2D eigenvalue weighted by Gasteiger charge is -2.15. The van der Waals surface area contributed by atoms with Gasteiger partial charge in [0.2, 0.25) is 0 Å². The molecule has 0 radical (unpaired) electrons. The van der Waals surface area contributed by atoms with Crippen molar-refractivity contribution in [3.8, 4) is 0 Å². The zero-order valence-corrected chi connectivity index (χ0v) is 10.3. The van der Waals surface area contributed by atoms with E-state index in [1.807, 2.05) is 37.3 Å². The Hall–Kier alpha value is -1.64. The maximum atomic E-state index is 11.7. The molecule has 0 aliphatic heterocycles. The molecule has 0 aliphatic rings. The van der Waals surface area contributed by atoms with Gasteiger partial charge in [0.15, 0.2) is 0 Å². The van der Waals surface area contributed by atoms with Gasteiger partial charge in [-0.25, -0.2) is 0 Å². The molecule has 0 bridgehead atoms. The summed E-state index contributed by atoms with van der Waals surface area (Å²) in [5.74, 6) is -0.938. The van der Waals surface area contributed by atoms with Crippen LogP contribution in [0.25, 0.3) is 0 Å². The lowest BCUT2D eigenvalue weighted by Crippen LogP contribution is -2.23. The first-order valence-corrected chi connectivity index (χ1v) is 5.84. The van der Waals surface area contributed by atoms with Gasteiger partial charge in [-0.3, -0.25) is 4.79 Å². The molecule has 0 fully saturated rings. The van der Waals surface area contributed by atoms with Gasteiger partial charge in [-0.1, -0.05) is 44.2 Å². The maximum Gasteiger partial charge on any atom is 0.309 e. The molecule has 1 aromatic carbocycles. The Balaban J connectivity index is 2.47. The average Bonchev–Trinajstić information content (AvgIpc) is 2.38. The molecule has 0 saturated carbocycles. The number of esters is 1. The molecular formula is C14H18O3. The number of hydrogen-bond donors (Lipinski definition) is 0. The molecule has 3 heteroatoms. The molecule has 0 N–H and O–H groups in total. The number of ether oxygens (including phenoxy) is 1. The van der Waals surface area contributed by atoms with Crippen LogP contribution in [0.2, 0.25) is 0 Å². The Labute approximate surface area is 102 Å². The van der Waals surface area contributed by atoms with Gasteiger partial charge in [0.25, 0.3) is 0 Å². The van der Waals surface area contributed by atoms with Gasteiger partial charge in [0.05, 0.1) is 5.92 Å². The van der Waals surface area contributed by atoms with Crippen molar-refractivity contribution in [2.75, 3.05) is 0 Å². The van der Waals surface area contributed by atoms with E-state index in [1.54, 1.807) is 6.92 Å². The van der Waals surface area contributed by atoms with E-state index in [0.717, 1.165) is 11.8 Å². The first kappa shape index (κ1) is 13.4. The van der Waals surface area contributed by atoms with Crippen LogP contribution in [0.4, 0.5) is 0 Å². The topological polar surface area (TPSA) is 43.4 Å². The van der Waals surface area contributed by atoms with Crippen molar-refractivity contribution in [2.45, 2.75) is 26.9 Å². The average molecular weight is 234 g/mol. The van der Waals surface area contributed by atoms with E-state index in [9.17, 15) is 9.59 Å². The zero-order chi connectivity index (χ0) is 12.7. The van der Waals surface area contributed by atoms with E-state index in [1.165, 1.54) is 0 Å². The van der Waals surface area contributed by atoms with Crippen molar-refractivity contribution in [1.82, 2.24) is 0 Å². The number of rotatable bonds is 6. The normalized spacial score (nSPS) is 13.8. The molecule has 1 rings (SSSR count). The highest BCUT2D eigenvalue weighted by Gasteiger charge is 2.23. The van der Waals surface area contributed by atoms with Crippen LogP contribution in [0.1, 0.15) is 25.8 Å². The summed E-state index contributed by atoms with van der Waals surface area (Å²) < 4.78 is 5.18. The minimum Gasteiger partial charge on any atom is -0.461 e. The summed E-state index contributed by atoms with van der Waals surface area (Å²) in [4.78, 5) is 22.4. The summed E-state index contributed by atoms with van der Waals surface area (Å²) in [6.07, 6.45) is 1.49. The number of aldehydes is 1. The summed E-state index contributed by atoms with van der Waals surface area (Å²) in [7, 11) is 0. The highest BCUT2D eigenvalue weighted by molar-refractivity contribution is 5.76. The van der Waals surface area contributed by atoms with Gasteiger partial charge in [-0.05, 0) is 12.0 Å². The second-order valence-electron chi connectivity index (χ2n) is 4.09. The van der Waals surface area contributed by atoms with E-state index < -0.39 is 0 Å². The number of hydrogen-bond acceptors (Lipinski definition) is 3. The highest BCUT2D eigenvalue weighted by Crippen LogP contribution is 2.15. The van der Waals surface area contributed by atoms with E-state index in [2.05, 4.69) is 0 Å². The molecule has 2 atom stereocenters. The third-order valence-corrected chi connectivity index (χ3v) is 2.88. The second-order valence-corrected chi connectivity index (χ2v) is 4.09. The van der Waals surface area contributed by atoms with Crippen LogP contribution in [-0.2, 0) is 20.9 Å². The fourth-order valence-corrected chi connectivity index (χ4v) is 1.60. The van der Waals surface area contributed by atoms with Crippen LogP contribution < -0.4 is 0 Å². The lowest BCUT2D eigenvalue weighted by molar-refractivity contribution is -0.152. The predicted octanol–water partition coefficient (Wildman–Crippen LogP) is 2.59. The largest absolute Gasteiger partial charge is 0.461 e. The third-order valence-electron chi connectivity index (χ3n) is 2.88. The van der Waals surface area contributed by atoms with Crippen LogP contribution in [0.5, 0.6) is 0 Å². The second kappa shape index (κ2) is 6.84. The van der Waals surface area contributed by atoms with Crippen LogP contribution in [-0.4, -0.2) is 12.3 Å². The first-order valence-electron chi connectivity index (χ1n) is 5.84. The molecule has 17 heavy (non-hydrogen) atoms. The Morgan fingerprint density at radius 1 is 1.35 bits per heavy atom. The zero-order valence-electron chi connectivity index (χ0n) is 10.3. The molecule has 92 valence electrons. The van der Waals surface area contributed by atoms with Crippen molar-refractivity contribution in [3.05, 3.63) is 35.9 Å². The standard InChI is InChI=1S/C14H18O3/c1-3-13(9-15)11(2)14(16)17-10-12-7-5-4-6-8-12/h4-9,11,13H,3,10H2,1-2H3. The van der Waals surface area contributed by atoms with Crippen LogP contribution in [0.3, 0.4) is 0 Å². The molecule has 3 nitrogen and oxygen atoms in total. The summed E-state index contributed by atoms with van der Waals surface area (Å²) >= 11 is 0. The van der Waals surface area contributed by atoms with Gasteiger partial charge in [-0.15, -0.1) is 0 Å². The van der Waals surface area contributed by atoms with E-state index in [4.69, 9.17) is 4.74 Å². The van der Waals surface area contributed by atoms with Crippen molar-refractivity contribution in [1.29, 1.82) is 0 Å². The highest BCUT2D eigenvalue weighted by atomic mass is 16.5. The minimum atomic E-state index is -0.374. The molecule has 0 spiro atoms. The summed E-state index contributed by atoms with van der Waals surface area (Å²) in [5.41, 5.74) is 0.951. The Morgan fingerprint density at radius 2 is 2.00 bits per heavy atom. The van der Waals surface area contributed by atoms with Crippen LogP contribution >= 0.6 is 0 Å². The molecule has 0 heterocycles. The van der Waals surface area contributed by atoms with Crippen molar-refractivity contribution in [3.63, 3.8) is 0 Å². The molecule has 2 unspecified atom stereocenters. The lowest BCUT2D eigenvalue weighted by atomic mass is 9.93. The molecule has 0 amide bonds. The van der Waals surface area contributed by atoms with Gasteiger partial charge in [0.1, 0.15) is 12.9 Å². The number of carbonyl (C=O) groups excluding carboxylic acids is 2. The molecular weight excluding hydrogens is 216 g/mol. The third kappa shape index (κ3) is 4.02. The molecule has 1 aromatic rings. The predicted molar refractivity (Wildman–Crippen MR) is 65.2 cm³/mol. The van der Waals surface area contributed by atoms with Gasteiger partial charge in [-0.2, -0.15) is 0 Å². The van der Waals surface area contributed by atoms with Gasteiger partial charge in [0, 0.05) is 5.92 Å². The van der Waals surface area contributed by atoms with Crippen molar-refractivity contribution < 1.29 is 14.3 Å². The van der Waals surface area contributed by atoms with Crippen molar-refractivity contribution >= 4 is 12.3 Å². The van der Waals surface area contributed by atoms with E-state index >= 15 is 0 Å². The summed E-state index contributed by atoms with van der Waals surface area (Å²) in [5, 5.41) is 0. The quantitative estimate of drug-likeness (QED) is 0.561. The minimum absolute atomic E-state index is 0.252.